The monoisotopic (exact) mass is 204 g/mol. The molecule has 0 fully saturated rings. The van der Waals surface area contributed by atoms with Crippen LogP contribution in [0.5, 0.6) is 0 Å². The van der Waals surface area contributed by atoms with Gasteiger partial charge in [0.1, 0.15) is 0 Å². The fourth-order valence-electron chi connectivity index (χ4n) is 2.34. The molecule has 2 rings (SSSR count). The number of benzene rings is 1. The molecule has 1 aliphatic rings. The van der Waals surface area contributed by atoms with Crippen LogP contribution in [0, 0.1) is 19.8 Å². The third-order valence-corrected chi connectivity index (χ3v) is 3.53. The molecule has 0 radical (unpaired) electrons. The molecule has 1 unspecified atom stereocenters. The zero-order chi connectivity index (χ0) is 11.0. The van der Waals surface area contributed by atoms with Crippen molar-refractivity contribution in [2.75, 3.05) is 0 Å². The van der Waals surface area contributed by atoms with Gasteiger partial charge in [0, 0.05) is 0 Å². The maximum absolute atomic E-state index is 11.0. The molecule has 1 aliphatic carbocycles. The Kier molecular flexibility index (Phi) is 2.51. The van der Waals surface area contributed by atoms with Crippen LogP contribution < -0.4 is 0 Å². The second-order valence-electron chi connectivity index (χ2n) is 4.42. The van der Waals surface area contributed by atoms with E-state index in [1.165, 1.54) is 22.3 Å². The molecular weight excluding hydrogens is 188 g/mol. The van der Waals surface area contributed by atoms with Crippen molar-refractivity contribution >= 4 is 5.97 Å². The summed E-state index contributed by atoms with van der Waals surface area (Å²) in [4.78, 5) is 11.0. The van der Waals surface area contributed by atoms with Crippen LogP contribution in [0.3, 0.4) is 0 Å². The van der Waals surface area contributed by atoms with Gasteiger partial charge in [-0.15, -0.1) is 0 Å². The van der Waals surface area contributed by atoms with Gasteiger partial charge in [-0.3, -0.25) is 4.79 Å². The van der Waals surface area contributed by atoms with Gasteiger partial charge in [-0.05, 0) is 55.4 Å². The lowest BCUT2D eigenvalue weighted by Crippen LogP contribution is -2.23. The summed E-state index contributed by atoms with van der Waals surface area (Å²) in [6.45, 7) is 4.18. The summed E-state index contributed by atoms with van der Waals surface area (Å²) in [5, 5.41) is 9.02. The van der Waals surface area contributed by atoms with Gasteiger partial charge in [-0.1, -0.05) is 12.1 Å². The summed E-state index contributed by atoms with van der Waals surface area (Å²) in [5.74, 6) is -0.834. The summed E-state index contributed by atoms with van der Waals surface area (Å²) in [7, 11) is 0. The molecule has 1 aromatic carbocycles. The Morgan fingerprint density at radius 2 is 2.13 bits per heavy atom. The third kappa shape index (κ3) is 1.76. The number of carboxylic acid groups (broad SMARTS) is 1. The molecule has 0 bridgehead atoms. The highest BCUT2D eigenvalue weighted by Crippen LogP contribution is 2.29. The van der Waals surface area contributed by atoms with Crippen molar-refractivity contribution < 1.29 is 9.90 Å². The Morgan fingerprint density at radius 3 is 2.80 bits per heavy atom. The Labute approximate surface area is 89.9 Å². The van der Waals surface area contributed by atoms with Crippen LogP contribution in [0.4, 0.5) is 0 Å². The molecule has 0 aliphatic heterocycles. The number of carboxylic acids is 1. The van der Waals surface area contributed by atoms with Crippen LogP contribution in [0.1, 0.15) is 28.7 Å². The SMILES string of the molecule is Cc1ccc2c(c1C)CC(C(=O)O)CC2. The minimum atomic E-state index is -0.651. The van der Waals surface area contributed by atoms with Gasteiger partial charge in [0.05, 0.1) is 5.92 Å². The lowest BCUT2D eigenvalue weighted by atomic mass is 9.81. The van der Waals surface area contributed by atoms with E-state index in [2.05, 4.69) is 26.0 Å². The van der Waals surface area contributed by atoms with Crippen LogP contribution in [-0.4, -0.2) is 11.1 Å². The van der Waals surface area contributed by atoms with Crippen molar-refractivity contribution in [1.82, 2.24) is 0 Å². The molecule has 0 saturated carbocycles. The number of rotatable bonds is 1. The van der Waals surface area contributed by atoms with E-state index in [0.29, 0.717) is 6.42 Å². The summed E-state index contributed by atoms with van der Waals surface area (Å²) < 4.78 is 0. The normalized spacial score (nSPS) is 19.7. The Balaban J connectivity index is 2.39. The highest BCUT2D eigenvalue weighted by atomic mass is 16.4. The summed E-state index contributed by atoms with van der Waals surface area (Å²) in [6, 6.07) is 4.28. The average molecular weight is 204 g/mol. The quantitative estimate of drug-likeness (QED) is 0.763. The van der Waals surface area contributed by atoms with E-state index in [9.17, 15) is 4.79 Å². The van der Waals surface area contributed by atoms with Crippen LogP contribution in [0.15, 0.2) is 12.1 Å². The van der Waals surface area contributed by atoms with Gasteiger partial charge >= 0.3 is 5.97 Å². The molecule has 0 saturated heterocycles. The predicted octanol–water partition coefficient (Wildman–Crippen LogP) is 2.49. The van der Waals surface area contributed by atoms with Crippen LogP contribution in [0.2, 0.25) is 0 Å². The average Bonchev–Trinajstić information content (AvgIpc) is 2.23. The Hall–Kier alpha value is -1.31. The molecule has 0 amide bonds. The van der Waals surface area contributed by atoms with Gasteiger partial charge in [0.25, 0.3) is 0 Å². The van der Waals surface area contributed by atoms with Crippen molar-refractivity contribution in [1.29, 1.82) is 0 Å². The van der Waals surface area contributed by atoms with Crippen molar-refractivity contribution in [2.24, 2.45) is 5.92 Å². The predicted molar refractivity (Wildman–Crippen MR) is 59.1 cm³/mol. The Bertz CT molecular complexity index is 407. The highest BCUT2D eigenvalue weighted by molar-refractivity contribution is 5.71. The fourth-order valence-corrected chi connectivity index (χ4v) is 2.34. The minimum Gasteiger partial charge on any atom is -0.481 e. The topological polar surface area (TPSA) is 37.3 Å². The van der Waals surface area contributed by atoms with E-state index >= 15 is 0 Å². The minimum absolute atomic E-state index is 0.182. The van der Waals surface area contributed by atoms with Crippen LogP contribution in [-0.2, 0) is 17.6 Å². The van der Waals surface area contributed by atoms with Crippen LogP contribution in [0.25, 0.3) is 0 Å². The Morgan fingerprint density at radius 1 is 1.40 bits per heavy atom. The molecular formula is C13H16O2. The number of aliphatic carboxylic acids is 1. The smallest absolute Gasteiger partial charge is 0.306 e. The third-order valence-electron chi connectivity index (χ3n) is 3.53. The van der Waals surface area contributed by atoms with Gasteiger partial charge < -0.3 is 5.11 Å². The fraction of sp³-hybridized carbons (Fsp3) is 0.462. The first-order valence-corrected chi connectivity index (χ1v) is 5.40. The number of fused-ring (bicyclic) bond motifs is 1. The van der Waals surface area contributed by atoms with Crippen molar-refractivity contribution in [3.05, 3.63) is 34.4 Å². The summed E-state index contributed by atoms with van der Waals surface area (Å²) in [6.07, 6.45) is 2.40. The maximum atomic E-state index is 11.0. The molecule has 2 nitrogen and oxygen atoms in total. The van der Waals surface area contributed by atoms with E-state index in [4.69, 9.17) is 5.11 Å². The molecule has 0 aromatic heterocycles. The van der Waals surface area contributed by atoms with Crippen LogP contribution >= 0.6 is 0 Å². The molecule has 1 N–H and O–H groups in total. The number of hydrogen-bond acceptors (Lipinski definition) is 1. The molecule has 1 atom stereocenters. The molecule has 1 aromatic rings. The number of aryl methyl sites for hydroxylation is 2. The standard InChI is InChI=1S/C13H16O2/c1-8-3-4-10-5-6-11(13(14)15)7-12(10)9(8)2/h3-4,11H,5-7H2,1-2H3,(H,14,15). The zero-order valence-electron chi connectivity index (χ0n) is 9.21. The highest BCUT2D eigenvalue weighted by Gasteiger charge is 2.25. The molecule has 15 heavy (non-hydrogen) atoms. The number of carbonyl (C=O) groups is 1. The maximum Gasteiger partial charge on any atom is 0.306 e. The van der Waals surface area contributed by atoms with Crippen molar-refractivity contribution in [3.63, 3.8) is 0 Å². The molecule has 0 heterocycles. The van der Waals surface area contributed by atoms with Gasteiger partial charge in [-0.2, -0.15) is 0 Å². The number of hydrogen-bond donors (Lipinski definition) is 1. The lowest BCUT2D eigenvalue weighted by Gasteiger charge is -2.24. The summed E-state index contributed by atoms with van der Waals surface area (Å²) in [5.41, 5.74) is 5.16. The van der Waals surface area contributed by atoms with E-state index < -0.39 is 5.97 Å². The van der Waals surface area contributed by atoms with E-state index in [-0.39, 0.29) is 5.92 Å². The molecule has 2 heteroatoms. The first-order chi connectivity index (χ1) is 7.09. The largest absolute Gasteiger partial charge is 0.481 e. The second-order valence-corrected chi connectivity index (χ2v) is 4.42. The van der Waals surface area contributed by atoms with E-state index in [0.717, 1.165) is 12.8 Å². The second kappa shape index (κ2) is 3.69. The first kappa shape index (κ1) is 10.2. The summed E-state index contributed by atoms with van der Waals surface area (Å²) >= 11 is 0. The first-order valence-electron chi connectivity index (χ1n) is 5.40. The lowest BCUT2D eigenvalue weighted by molar-refractivity contribution is -0.142. The van der Waals surface area contributed by atoms with Gasteiger partial charge in [0.15, 0.2) is 0 Å². The van der Waals surface area contributed by atoms with Gasteiger partial charge in [-0.25, -0.2) is 0 Å². The zero-order valence-corrected chi connectivity index (χ0v) is 9.21. The van der Waals surface area contributed by atoms with E-state index in [1.807, 2.05) is 0 Å². The van der Waals surface area contributed by atoms with E-state index in [1.54, 1.807) is 0 Å². The van der Waals surface area contributed by atoms with Crippen molar-refractivity contribution in [2.45, 2.75) is 33.1 Å². The molecule has 0 spiro atoms. The van der Waals surface area contributed by atoms with Crippen molar-refractivity contribution in [3.8, 4) is 0 Å². The molecule has 80 valence electrons. The van der Waals surface area contributed by atoms with Gasteiger partial charge in [0.2, 0.25) is 0 Å².